The molecule has 33 heavy (non-hydrogen) atoms. The van der Waals surface area contributed by atoms with E-state index in [1.54, 1.807) is 29.4 Å². The number of piperidine rings is 1. The van der Waals surface area contributed by atoms with Gasteiger partial charge in [0.1, 0.15) is 5.82 Å². The van der Waals surface area contributed by atoms with E-state index >= 15 is 0 Å². The van der Waals surface area contributed by atoms with Gasteiger partial charge in [-0.05, 0) is 72.9 Å². The van der Waals surface area contributed by atoms with Gasteiger partial charge in [0.25, 0.3) is 5.95 Å². The average Bonchev–Trinajstić information content (AvgIpc) is 2.85. The zero-order chi connectivity index (χ0) is 23.2. The first-order chi connectivity index (χ1) is 16.1. The number of pyridine rings is 2. The van der Waals surface area contributed by atoms with Gasteiger partial charge < -0.3 is 14.5 Å². The van der Waals surface area contributed by atoms with Crippen LogP contribution in [0.2, 0.25) is 0 Å². The monoisotopic (exact) mass is 452 g/mol. The molecule has 0 saturated carbocycles. The van der Waals surface area contributed by atoms with Crippen LogP contribution in [0.5, 0.6) is 5.75 Å². The molecule has 1 aliphatic rings. The van der Waals surface area contributed by atoms with Gasteiger partial charge in [0.2, 0.25) is 6.41 Å². The van der Waals surface area contributed by atoms with Crippen molar-refractivity contribution in [3.63, 3.8) is 0 Å². The first-order valence-electron chi connectivity index (χ1n) is 10.5. The zero-order valence-electron chi connectivity index (χ0n) is 17.7. The summed E-state index contributed by atoms with van der Waals surface area (Å²) in [4.78, 5) is 35.3. The number of hydrogen-bond acceptors (Lipinski definition) is 5. The van der Waals surface area contributed by atoms with Gasteiger partial charge in [-0.15, -0.1) is 0 Å². The number of anilines is 1. The summed E-state index contributed by atoms with van der Waals surface area (Å²) in [6.45, 7) is 0.756. The van der Waals surface area contributed by atoms with Crippen molar-refractivity contribution in [2.45, 2.75) is 18.9 Å². The third-order valence-corrected chi connectivity index (χ3v) is 5.75. The van der Waals surface area contributed by atoms with E-state index in [0.717, 1.165) is 12.0 Å². The third-order valence-electron chi connectivity index (χ3n) is 5.75. The van der Waals surface area contributed by atoms with Crippen molar-refractivity contribution in [2.75, 3.05) is 18.0 Å². The molecule has 0 bridgehead atoms. The standard InChI is InChI=1S/C24H22F2N4O3/c25-19-3-5-20(6-4-19)30(16-31)22(17-7-12-27-13-8-17)18-9-14-29(15-10-18)24(32)33-21-2-1-11-28-23(21)26/h1-8,11-13,16,18,22H,9-10,14-15H2. The fourth-order valence-corrected chi connectivity index (χ4v) is 4.12. The first-order valence-corrected chi connectivity index (χ1v) is 10.5. The Morgan fingerprint density at radius 1 is 1.06 bits per heavy atom. The minimum atomic E-state index is -0.848. The molecule has 0 aliphatic carbocycles. The molecule has 0 radical (unpaired) electrons. The highest BCUT2D eigenvalue weighted by molar-refractivity contribution is 5.76. The third kappa shape index (κ3) is 5.14. The highest BCUT2D eigenvalue weighted by Gasteiger charge is 2.34. The molecule has 1 atom stereocenters. The molecule has 0 spiro atoms. The first kappa shape index (κ1) is 22.3. The molecule has 3 aromatic rings. The van der Waals surface area contributed by atoms with Gasteiger partial charge in [-0.2, -0.15) is 4.39 Å². The van der Waals surface area contributed by atoms with Crippen molar-refractivity contribution in [2.24, 2.45) is 5.92 Å². The summed E-state index contributed by atoms with van der Waals surface area (Å²) in [5.74, 6) is -1.44. The highest BCUT2D eigenvalue weighted by atomic mass is 19.1. The Morgan fingerprint density at radius 2 is 1.76 bits per heavy atom. The SMILES string of the molecule is O=CN(c1ccc(F)cc1)C(c1ccncc1)C1CCN(C(=O)Oc2cccnc2F)CC1. The molecule has 9 heteroatoms. The van der Waals surface area contributed by atoms with Crippen LogP contribution < -0.4 is 9.64 Å². The number of benzene rings is 1. The van der Waals surface area contributed by atoms with Crippen LogP contribution in [0.25, 0.3) is 0 Å². The van der Waals surface area contributed by atoms with E-state index in [0.29, 0.717) is 31.6 Å². The fourth-order valence-electron chi connectivity index (χ4n) is 4.12. The Balaban J connectivity index is 1.51. The summed E-state index contributed by atoms with van der Waals surface area (Å²) in [7, 11) is 0. The lowest BCUT2D eigenvalue weighted by Gasteiger charge is -2.39. The maximum atomic E-state index is 13.7. The molecule has 2 aromatic heterocycles. The number of ether oxygens (including phenoxy) is 1. The zero-order valence-corrected chi connectivity index (χ0v) is 17.7. The second kappa shape index (κ2) is 10.2. The van der Waals surface area contributed by atoms with E-state index in [2.05, 4.69) is 9.97 Å². The van der Waals surface area contributed by atoms with Crippen LogP contribution in [0.4, 0.5) is 19.3 Å². The second-order valence-electron chi connectivity index (χ2n) is 7.70. The topological polar surface area (TPSA) is 75.6 Å². The van der Waals surface area contributed by atoms with Crippen LogP contribution in [0.3, 0.4) is 0 Å². The van der Waals surface area contributed by atoms with E-state index in [-0.39, 0.29) is 23.5 Å². The molecule has 2 amide bonds. The van der Waals surface area contributed by atoms with Crippen LogP contribution in [-0.4, -0.2) is 40.5 Å². The van der Waals surface area contributed by atoms with Crippen LogP contribution in [0, 0.1) is 17.7 Å². The summed E-state index contributed by atoms with van der Waals surface area (Å²) >= 11 is 0. The Morgan fingerprint density at radius 3 is 2.39 bits per heavy atom. The van der Waals surface area contributed by atoms with Crippen molar-refractivity contribution in [3.05, 3.63) is 84.4 Å². The minimum absolute atomic E-state index is 0.0156. The average molecular weight is 452 g/mol. The van der Waals surface area contributed by atoms with E-state index in [1.807, 2.05) is 12.1 Å². The Bertz CT molecular complexity index is 1090. The summed E-state index contributed by atoms with van der Waals surface area (Å²) < 4.78 is 32.3. The smallest absolute Gasteiger partial charge is 0.405 e. The van der Waals surface area contributed by atoms with Crippen LogP contribution >= 0.6 is 0 Å². The predicted octanol–water partition coefficient (Wildman–Crippen LogP) is 4.37. The number of nitrogens with zero attached hydrogens (tertiary/aromatic N) is 4. The Labute approximate surface area is 189 Å². The maximum absolute atomic E-state index is 13.7. The molecule has 4 rings (SSSR count). The predicted molar refractivity (Wildman–Crippen MR) is 116 cm³/mol. The van der Waals surface area contributed by atoms with Crippen LogP contribution in [0.1, 0.15) is 24.4 Å². The summed E-state index contributed by atoms with van der Waals surface area (Å²) in [5, 5.41) is 0. The number of aromatic nitrogens is 2. The molecule has 170 valence electrons. The lowest BCUT2D eigenvalue weighted by molar-refractivity contribution is -0.108. The van der Waals surface area contributed by atoms with Crippen molar-refractivity contribution in [1.82, 2.24) is 14.9 Å². The van der Waals surface area contributed by atoms with E-state index in [9.17, 15) is 18.4 Å². The molecule has 7 nitrogen and oxygen atoms in total. The second-order valence-corrected chi connectivity index (χ2v) is 7.70. The molecule has 1 aromatic carbocycles. The van der Waals surface area contributed by atoms with Gasteiger partial charge in [0.15, 0.2) is 5.75 Å². The minimum Gasteiger partial charge on any atom is -0.405 e. The van der Waals surface area contributed by atoms with Gasteiger partial charge in [-0.25, -0.2) is 14.2 Å². The molecular formula is C24H22F2N4O3. The quantitative estimate of drug-likeness (QED) is 0.410. The van der Waals surface area contributed by atoms with Crippen LogP contribution in [0.15, 0.2) is 67.1 Å². The van der Waals surface area contributed by atoms with Gasteiger partial charge in [0.05, 0.1) is 6.04 Å². The van der Waals surface area contributed by atoms with E-state index in [1.165, 1.54) is 35.4 Å². The Kier molecular flexibility index (Phi) is 6.87. The summed E-state index contributed by atoms with van der Waals surface area (Å²) in [5.41, 5.74) is 1.46. The number of halogens is 2. The number of rotatable bonds is 6. The molecule has 1 fully saturated rings. The molecule has 1 unspecified atom stereocenters. The van der Waals surface area contributed by atoms with Crippen molar-refractivity contribution in [1.29, 1.82) is 0 Å². The molecule has 1 aliphatic heterocycles. The van der Waals surface area contributed by atoms with Gasteiger partial charge in [0, 0.05) is 37.4 Å². The van der Waals surface area contributed by atoms with Crippen molar-refractivity contribution < 1.29 is 23.1 Å². The largest absolute Gasteiger partial charge is 0.415 e. The van der Waals surface area contributed by atoms with E-state index < -0.39 is 12.0 Å². The highest BCUT2D eigenvalue weighted by Crippen LogP contribution is 2.37. The van der Waals surface area contributed by atoms with Crippen molar-refractivity contribution in [3.8, 4) is 5.75 Å². The van der Waals surface area contributed by atoms with Crippen molar-refractivity contribution >= 4 is 18.2 Å². The Hall–Kier alpha value is -3.88. The molecular weight excluding hydrogens is 430 g/mol. The maximum Gasteiger partial charge on any atom is 0.415 e. The number of carbonyl (C=O) groups is 2. The van der Waals surface area contributed by atoms with Gasteiger partial charge in [-0.3, -0.25) is 9.78 Å². The lowest BCUT2D eigenvalue weighted by Crippen LogP contribution is -2.44. The van der Waals surface area contributed by atoms with Gasteiger partial charge in [-0.1, -0.05) is 0 Å². The lowest BCUT2D eigenvalue weighted by atomic mass is 9.84. The number of amides is 2. The van der Waals surface area contributed by atoms with E-state index in [4.69, 9.17) is 4.74 Å². The molecule has 1 saturated heterocycles. The molecule has 3 heterocycles. The molecule has 0 N–H and O–H groups in total. The number of carbonyl (C=O) groups excluding carboxylic acids is 2. The van der Waals surface area contributed by atoms with Gasteiger partial charge >= 0.3 is 6.09 Å². The van der Waals surface area contributed by atoms with Crippen LogP contribution in [-0.2, 0) is 4.79 Å². The number of hydrogen-bond donors (Lipinski definition) is 0. The fraction of sp³-hybridized carbons (Fsp3) is 0.250. The number of likely N-dealkylation sites (tertiary alicyclic amines) is 1. The summed E-state index contributed by atoms with van der Waals surface area (Å²) in [6, 6.07) is 11.9. The summed E-state index contributed by atoms with van der Waals surface area (Å²) in [6.07, 6.45) is 5.86. The normalized spacial score (nSPS) is 15.0.